The highest BCUT2D eigenvalue weighted by Crippen LogP contribution is 2.33. The lowest BCUT2D eigenvalue weighted by molar-refractivity contribution is -0.138. The molecular formula is C11H8F3NO4. The normalized spacial score (nSPS) is 19.4. The van der Waals surface area contributed by atoms with Gasteiger partial charge in [0.2, 0.25) is 0 Å². The maximum Gasteiger partial charge on any atom is 0.416 e. The monoisotopic (exact) mass is 275 g/mol. The Morgan fingerprint density at radius 1 is 1.42 bits per heavy atom. The fraction of sp³-hybridized carbons (Fsp3) is 0.273. The molecular weight excluding hydrogens is 267 g/mol. The first kappa shape index (κ1) is 13.2. The van der Waals surface area contributed by atoms with E-state index < -0.39 is 36.5 Å². The molecule has 8 heteroatoms. The number of halogens is 3. The molecule has 1 heterocycles. The van der Waals surface area contributed by atoms with Crippen LogP contribution in [0.4, 0.5) is 23.7 Å². The third-order valence-electron chi connectivity index (χ3n) is 2.61. The number of alkyl halides is 3. The first-order valence-electron chi connectivity index (χ1n) is 5.17. The van der Waals surface area contributed by atoms with Crippen LogP contribution in [0.25, 0.3) is 0 Å². The van der Waals surface area contributed by atoms with E-state index in [1.165, 1.54) is 6.07 Å². The average Bonchev–Trinajstić information content (AvgIpc) is 2.70. The second kappa shape index (κ2) is 4.45. The van der Waals surface area contributed by atoms with Crippen molar-refractivity contribution < 1.29 is 32.6 Å². The fourth-order valence-electron chi connectivity index (χ4n) is 1.72. The first-order chi connectivity index (χ1) is 8.80. The number of carbonyl (C=O) groups is 2. The summed E-state index contributed by atoms with van der Waals surface area (Å²) in [6.45, 7) is -0.398. The van der Waals surface area contributed by atoms with E-state index in [9.17, 15) is 22.8 Å². The summed E-state index contributed by atoms with van der Waals surface area (Å²) < 4.78 is 42.2. The number of ether oxygens (including phenoxy) is 1. The van der Waals surface area contributed by atoms with Crippen molar-refractivity contribution in [1.29, 1.82) is 0 Å². The van der Waals surface area contributed by atoms with Gasteiger partial charge < -0.3 is 9.84 Å². The second-order valence-electron chi connectivity index (χ2n) is 3.85. The Balaban J connectivity index is 2.40. The molecule has 19 heavy (non-hydrogen) atoms. The van der Waals surface area contributed by atoms with E-state index in [0.29, 0.717) is 11.0 Å². The average molecular weight is 275 g/mol. The zero-order valence-corrected chi connectivity index (χ0v) is 9.35. The Hall–Kier alpha value is -2.25. The van der Waals surface area contributed by atoms with Gasteiger partial charge in [-0.3, -0.25) is 4.90 Å². The van der Waals surface area contributed by atoms with Gasteiger partial charge in [0.05, 0.1) is 5.56 Å². The number of carboxylic acid groups (broad SMARTS) is 1. The summed E-state index contributed by atoms with van der Waals surface area (Å²) in [5.74, 6) is -1.34. The van der Waals surface area contributed by atoms with Gasteiger partial charge in [0.25, 0.3) is 0 Å². The second-order valence-corrected chi connectivity index (χ2v) is 3.85. The quantitative estimate of drug-likeness (QED) is 0.897. The lowest BCUT2D eigenvalue weighted by atomic mass is 10.1. The van der Waals surface area contributed by atoms with E-state index in [1.54, 1.807) is 0 Å². The van der Waals surface area contributed by atoms with Crippen LogP contribution in [0.1, 0.15) is 5.56 Å². The predicted molar refractivity (Wildman–Crippen MR) is 56.7 cm³/mol. The van der Waals surface area contributed by atoms with Gasteiger partial charge >= 0.3 is 18.2 Å². The number of benzene rings is 1. The molecule has 1 amide bonds. The molecule has 1 aliphatic heterocycles. The van der Waals surface area contributed by atoms with Crippen molar-refractivity contribution >= 4 is 17.7 Å². The summed E-state index contributed by atoms with van der Waals surface area (Å²) in [4.78, 5) is 23.0. The van der Waals surface area contributed by atoms with E-state index in [-0.39, 0.29) is 5.69 Å². The SMILES string of the molecule is O=C(O)C1COC(=O)N1c1cccc(C(F)(F)F)c1. The molecule has 0 aromatic heterocycles. The van der Waals surface area contributed by atoms with Crippen LogP contribution in [0.3, 0.4) is 0 Å². The molecule has 1 fully saturated rings. The maximum absolute atomic E-state index is 12.6. The number of carbonyl (C=O) groups excluding carboxylic acids is 1. The van der Waals surface area contributed by atoms with Crippen molar-refractivity contribution in [2.75, 3.05) is 11.5 Å². The summed E-state index contributed by atoms with van der Waals surface area (Å²) in [7, 11) is 0. The number of nitrogens with zero attached hydrogens (tertiary/aromatic N) is 1. The highest BCUT2D eigenvalue weighted by Gasteiger charge is 2.40. The maximum atomic E-state index is 12.6. The van der Waals surface area contributed by atoms with Gasteiger partial charge in [0, 0.05) is 5.69 Å². The van der Waals surface area contributed by atoms with Gasteiger partial charge in [-0.2, -0.15) is 13.2 Å². The molecule has 1 aliphatic rings. The Morgan fingerprint density at radius 3 is 2.68 bits per heavy atom. The van der Waals surface area contributed by atoms with Crippen molar-refractivity contribution in [3.05, 3.63) is 29.8 Å². The minimum absolute atomic E-state index is 0.162. The standard InChI is InChI=1S/C11H8F3NO4/c12-11(13,14)6-2-1-3-7(4-6)15-8(9(16)17)5-19-10(15)18/h1-4,8H,5H2,(H,16,17). The smallest absolute Gasteiger partial charge is 0.416 e. The Labute approximate surface area is 105 Å². The molecule has 1 atom stereocenters. The molecule has 0 aliphatic carbocycles. The highest BCUT2D eigenvalue weighted by molar-refractivity contribution is 5.97. The van der Waals surface area contributed by atoms with E-state index in [1.807, 2.05) is 0 Å². The molecule has 1 N–H and O–H groups in total. The topological polar surface area (TPSA) is 66.8 Å². The van der Waals surface area contributed by atoms with Crippen molar-refractivity contribution in [3.63, 3.8) is 0 Å². The van der Waals surface area contributed by atoms with E-state index in [4.69, 9.17) is 5.11 Å². The number of rotatable bonds is 2. The van der Waals surface area contributed by atoms with E-state index in [2.05, 4.69) is 4.74 Å². The molecule has 0 radical (unpaired) electrons. The minimum Gasteiger partial charge on any atom is -0.480 e. The number of aliphatic carboxylic acids is 1. The van der Waals surface area contributed by atoms with Crippen LogP contribution in [0.15, 0.2) is 24.3 Å². The number of hydrogen-bond acceptors (Lipinski definition) is 3. The molecule has 0 saturated carbocycles. The largest absolute Gasteiger partial charge is 0.480 e. The summed E-state index contributed by atoms with van der Waals surface area (Å²) in [5.41, 5.74) is -1.13. The van der Waals surface area contributed by atoms with Crippen molar-refractivity contribution in [1.82, 2.24) is 0 Å². The van der Waals surface area contributed by atoms with Gasteiger partial charge in [0.15, 0.2) is 6.04 Å². The third-order valence-corrected chi connectivity index (χ3v) is 2.61. The summed E-state index contributed by atoms with van der Waals surface area (Å²) in [6.07, 6.45) is -5.55. The Bertz CT molecular complexity index is 529. The molecule has 1 saturated heterocycles. The molecule has 5 nitrogen and oxygen atoms in total. The van der Waals surface area contributed by atoms with Crippen LogP contribution in [0.5, 0.6) is 0 Å². The van der Waals surface area contributed by atoms with Gasteiger partial charge in [0.1, 0.15) is 6.61 Å². The fourth-order valence-corrected chi connectivity index (χ4v) is 1.72. The van der Waals surface area contributed by atoms with Gasteiger partial charge in [-0.05, 0) is 18.2 Å². The molecule has 1 aromatic rings. The van der Waals surface area contributed by atoms with Crippen molar-refractivity contribution in [2.24, 2.45) is 0 Å². The van der Waals surface area contributed by atoms with Crippen molar-refractivity contribution in [2.45, 2.75) is 12.2 Å². The van der Waals surface area contributed by atoms with Crippen LogP contribution < -0.4 is 4.90 Å². The molecule has 0 spiro atoms. The van der Waals surface area contributed by atoms with E-state index >= 15 is 0 Å². The van der Waals surface area contributed by atoms with Crippen LogP contribution in [-0.2, 0) is 15.7 Å². The molecule has 1 aromatic carbocycles. The Morgan fingerprint density at radius 2 is 2.11 bits per heavy atom. The lowest BCUT2D eigenvalue weighted by Crippen LogP contribution is -2.39. The van der Waals surface area contributed by atoms with Crippen LogP contribution >= 0.6 is 0 Å². The lowest BCUT2D eigenvalue weighted by Gasteiger charge is -2.19. The van der Waals surface area contributed by atoms with Crippen LogP contribution in [0.2, 0.25) is 0 Å². The zero-order valence-electron chi connectivity index (χ0n) is 9.35. The molecule has 1 unspecified atom stereocenters. The van der Waals surface area contributed by atoms with E-state index in [0.717, 1.165) is 12.1 Å². The van der Waals surface area contributed by atoms with Gasteiger partial charge in [-0.1, -0.05) is 6.07 Å². The van der Waals surface area contributed by atoms with Crippen molar-refractivity contribution in [3.8, 4) is 0 Å². The summed E-state index contributed by atoms with van der Waals surface area (Å²) in [6, 6.07) is 2.54. The molecule has 102 valence electrons. The minimum atomic E-state index is -4.57. The van der Waals surface area contributed by atoms with Crippen LogP contribution in [0, 0.1) is 0 Å². The number of cyclic esters (lactones) is 1. The predicted octanol–water partition coefficient (Wildman–Crippen LogP) is 2.12. The number of carboxylic acids is 1. The first-order valence-corrected chi connectivity index (χ1v) is 5.17. The third kappa shape index (κ3) is 2.47. The van der Waals surface area contributed by atoms with Crippen LogP contribution in [-0.4, -0.2) is 29.8 Å². The number of hydrogen-bond donors (Lipinski definition) is 1. The Kier molecular flexibility index (Phi) is 3.09. The summed E-state index contributed by atoms with van der Waals surface area (Å²) in [5, 5.41) is 8.90. The zero-order chi connectivity index (χ0) is 14.2. The van der Waals surface area contributed by atoms with Gasteiger partial charge in [-0.25, -0.2) is 9.59 Å². The summed E-state index contributed by atoms with van der Waals surface area (Å²) >= 11 is 0. The molecule has 0 bridgehead atoms. The molecule has 2 rings (SSSR count). The number of anilines is 1. The highest BCUT2D eigenvalue weighted by atomic mass is 19.4. The number of amides is 1. The van der Waals surface area contributed by atoms with Gasteiger partial charge in [-0.15, -0.1) is 0 Å².